The van der Waals surface area contributed by atoms with Crippen molar-refractivity contribution in [3.05, 3.63) is 65.9 Å². The molecule has 2 aromatic carbocycles. The van der Waals surface area contributed by atoms with E-state index < -0.39 is 0 Å². The lowest BCUT2D eigenvalue weighted by Crippen LogP contribution is -1.99. The van der Waals surface area contributed by atoms with Crippen molar-refractivity contribution in [2.24, 2.45) is 0 Å². The van der Waals surface area contributed by atoms with Gasteiger partial charge in [-0.05, 0) is 55.8 Å². The van der Waals surface area contributed by atoms with Crippen LogP contribution in [-0.4, -0.2) is 20.2 Å². The van der Waals surface area contributed by atoms with Crippen LogP contribution in [0.1, 0.15) is 30.0 Å². The zero-order valence-electron chi connectivity index (χ0n) is 14.9. The topological polar surface area (TPSA) is 66.5 Å². The summed E-state index contributed by atoms with van der Waals surface area (Å²) in [5, 5.41) is 12.6. The van der Waals surface area contributed by atoms with Gasteiger partial charge in [0, 0.05) is 28.0 Å². The molecule has 0 bridgehead atoms. The minimum atomic E-state index is 0.642. The number of rotatable bonds is 5. The maximum atomic E-state index is 4.77. The summed E-state index contributed by atoms with van der Waals surface area (Å²) in [6.07, 6.45) is 2.49. The summed E-state index contributed by atoms with van der Waals surface area (Å²) in [6.45, 7) is 2.09. The van der Waals surface area contributed by atoms with E-state index in [1.54, 1.807) is 11.8 Å². The molecule has 1 aliphatic rings. The molecule has 1 fully saturated rings. The Balaban J connectivity index is 1.49. The van der Waals surface area contributed by atoms with Gasteiger partial charge in [0.15, 0.2) is 11.0 Å². The van der Waals surface area contributed by atoms with Gasteiger partial charge in [0.05, 0.1) is 5.52 Å². The maximum absolute atomic E-state index is 4.77. The molecule has 0 atom stereocenters. The average molecular weight is 373 g/mol. The molecular weight excluding hydrogens is 354 g/mol. The van der Waals surface area contributed by atoms with Crippen molar-refractivity contribution >= 4 is 34.3 Å². The van der Waals surface area contributed by atoms with E-state index in [9.17, 15) is 0 Å². The SMILES string of the molecule is Cc1ccc(Sc2nc(Nc3cc(C4CC4)[nH]n3)c3ccccc3n2)cc1. The summed E-state index contributed by atoms with van der Waals surface area (Å²) < 4.78 is 0. The van der Waals surface area contributed by atoms with Crippen LogP contribution >= 0.6 is 11.8 Å². The fourth-order valence-electron chi connectivity index (χ4n) is 3.03. The summed E-state index contributed by atoms with van der Waals surface area (Å²) in [4.78, 5) is 10.6. The highest BCUT2D eigenvalue weighted by Crippen LogP contribution is 2.40. The van der Waals surface area contributed by atoms with E-state index in [4.69, 9.17) is 9.97 Å². The number of nitrogens with one attached hydrogen (secondary N) is 2. The number of nitrogens with zero attached hydrogens (tertiary/aromatic N) is 3. The second-order valence-corrected chi connectivity index (χ2v) is 7.94. The molecule has 0 saturated heterocycles. The number of aromatic amines is 1. The summed E-state index contributed by atoms with van der Waals surface area (Å²) in [7, 11) is 0. The number of aromatic nitrogens is 4. The first kappa shape index (κ1) is 16.3. The van der Waals surface area contributed by atoms with Crippen LogP contribution < -0.4 is 5.32 Å². The lowest BCUT2D eigenvalue weighted by molar-refractivity contribution is 0.964. The Labute approximate surface area is 161 Å². The second-order valence-electron chi connectivity index (χ2n) is 6.89. The maximum Gasteiger partial charge on any atom is 0.195 e. The van der Waals surface area contributed by atoms with Crippen LogP contribution in [0.15, 0.2) is 64.6 Å². The highest BCUT2D eigenvalue weighted by Gasteiger charge is 2.25. The van der Waals surface area contributed by atoms with E-state index in [2.05, 4.69) is 52.8 Å². The van der Waals surface area contributed by atoms with Crippen LogP contribution in [0.4, 0.5) is 11.6 Å². The molecule has 0 spiro atoms. The molecule has 1 saturated carbocycles. The second kappa shape index (κ2) is 6.70. The average Bonchev–Trinajstić information content (AvgIpc) is 3.43. The van der Waals surface area contributed by atoms with Gasteiger partial charge >= 0.3 is 0 Å². The van der Waals surface area contributed by atoms with Gasteiger partial charge in [-0.1, -0.05) is 29.8 Å². The minimum Gasteiger partial charge on any atom is -0.323 e. The first-order valence-electron chi connectivity index (χ1n) is 9.08. The van der Waals surface area contributed by atoms with Crippen LogP contribution in [0.5, 0.6) is 0 Å². The van der Waals surface area contributed by atoms with Crippen molar-refractivity contribution < 1.29 is 0 Å². The molecule has 5 nitrogen and oxygen atoms in total. The molecule has 0 aliphatic heterocycles. The monoisotopic (exact) mass is 373 g/mol. The van der Waals surface area contributed by atoms with Gasteiger partial charge in [0.2, 0.25) is 0 Å². The number of hydrogen-bond acceptors (Lipinski definition) is 5. The molecule has 0 radical (unpaired) electrons. The van der Waals surface area contributed by atoms with Crippen LogP contribution in [0, 0.1) is 6.92 Å². The third-order valence-electron chi connectivity index (χ3n) is 4.67. The van der Waals surface area contributed by atoms with Crippen molar-refractivity contribution in [1.82, 2.24) is 20.2 Å². The number of para-hydroxylation sites is 1. The summed E-state index contributed by atoms with van der Waals surface area (Å²) in [5.41, 5.74) is 3.36. The van der Waals surface area contributed by atoms with Crippen LogP contribution in [-0.2, 0) is 0 Å². The highest BCUT2D eigenvalue weighted by molar-refractivity contribution is 7.99. The summed E-state index contributed by atoms with van der Waals surface area (Å²) in [6, 6.07) is 18.5. The first-order chi connectivity index (χ1) is 13.2. The Morgan fingerprint density at radius 2 is 1.85 bits per heavy atom. The Bertz CT molecular complexity index is 1100. The quantitative estimate of drug-likeness (QED) is 0.456. The molecular formula is C21H19N5S. The molecule has 5 rings (SSSR count). The van der Waals surface area contributed by atoms with Crippen LogP contribution in [0.25, 0.3) is 10.9 Å². The molecule has 134 valence electrons. The summed E-state index contributed by atoms with van der Waals surface area (Å²) >= 11 is 1.57. The highest BCUT2D eigenvalue weighted by atomic mass is 32.2. The van der Waals surface area contributed by atoms with Gasteiger partial charge in [-0.15, -0.1) is 0 Å². The van der Waals surface area contributed by atoms with E-state index >= 15 is 0 Å². The largest absolute Gasteiger partial charge is 0.323 e. The fraction of sp³-hybridized carbons (Fsp3) is 0.190. The zero-order chi connectivity index (χ0) is 18.2. The van der Waals surface area contributed by atoms with E-state index in [1.165, 1.54) is 24.1 Å². The van der Waals surface area contributed by atoms with Crippen LogP contribution in [0.2, 0.25) is 0 Å². The first-order valence-corrected chi connectivity index (χ1v) is 9.90. The van der Waals surface area contributed by atoms with Gasteiger partial charge < -0.3 is 5.32 Å². The molecule has 6 heteroatoms. The normalized spacial score (nSPS) is 13.8. The predicted octanol–water partition coefficient (Wildman–Crippen LogP) is 5.43. The molecule has 2 N–H and O–H groups in total. The van der Waals surface area contributed by atoms with Crippen molar-refractivity contribution in [2.75, 3.05) is 5.32 Å². The van der Waals surface area contributed by atoms with Crippen molar-refractivity contribution in [3.63, 3.8) is 0 Å². The molecule has 0 amide bonds. The Kier molecular flexibility index (Phi) is 4.05. The molecule has 0 unspecified atom stereocenters. The van der Waals surface area contributed by atoms with E-state index in [0.29, 0.717) is 5.92 Å². The molecule has 27 heavy (non-hydrogen) atoms. The molecule has 4 aromatic rings. The number of H-pyrrole nitrogens is 1. The third-order valence-corrected chi connectivity index (χ3v) is 5.55. The fourth-order valence-corrected chi connectivity index (χ4v) is 3.80. The summed E-state index contributed by atoms with van der Waals surface area (Å²) in [5.74, 6) is 2.22. The van der Waals surface area contributed by atoms with Gasteiger partial charge in [0.1, 0.15) is 5.82 Å². The molecule has 2 aromatic heterocycles. The Hall–Kier alpha value is -2.86. The number of anilines is 2. The Morgan fingerprint density at radius 3 is 2.67 bits per heavy atom. The third kappa shape index (κ3) is 3.53. The van der Waals surface area contributed by atoms with Crippen molar-refractivity contribution in [1.29, 1.82) is 0 Å². The van der Waals surface area contributed by atoms with E-state index in [1.807, 2.05) is 24.3 Å². The van der Waals surface area contributed by atoms with Gasteiger partial charge in [-0.25, -0.2) is 9.97 Å². The predicted molar refractivity (Wildman–Crippen MR) is 109 cm³/mol. The van der Waals surface area contributed by atoms with Gasteiger partial charge in [-0.2, -0.15) is 5.10 Å². The molecule has 1 aliphatic carbocycles. The minimum absolute atomic E-state index is 0.642. The number of hydrogen-bond donors (Lipinski definition) is 2. The van der Waals surface area contributed by atoms with Crippen molar-refractivity contribution in [2.45, 2.75) is 35.7 Å². The zero-order valence-corrected chi connectivity index (χ0v) is 15.8. The number of fused-ring (bicyclic) bond motifs is 1. The van der Waals surface area contributed by atoms with Gasteiger partial charge in [0.25, 0.3) is 0 Å². The smallest absolute Gasteiger partial charge is 0.195 e. The standard InChI is InChI=1S/C21H19N5S/c1-13-6-10-15(11-7-13)27-21-22-17-5-3-2-4-16(17)20(24-21)23-19-12-18(25-26-19)14-8-9-14/h2-7,10-12,14H,8-9H2,1H3,(H2,22,23,24,25,26). The van der Waals surface area contributed by atoms with E-state index in [-0.39, 0.29) is 0 Å². The number of benzene rings is 2. The Morgan fingerprint density at radius 1 is 1.04 bits per heavy atom. The van der Waals surface area contributed by atoms with Gasteiger partial charge in [-0.3, -0.25) is 5.10 Å². The van der Waals surface area contributed by atoms with E-state index in [0.717, 1.165) is 32.6 Å². The van der Waals surface area contributed by atoms with Crippen molar-refractivity contribution in [3.8, 4) is 0 Å². The number of aryl methyl sites for hydroxylation is 1. The lowest BCUT2D eigenvalue weighted by atomic mass is 10.2. The molecule has 2 heterocycles. The van der Waals surface area contributed by atoms with Crippen LogP contribution in [0.3, 0.4) is 0 Å². The lowest BCUT2D eigenvalue weighted by Gasteiger charge is -2.09.